The predicted octanol–water partition coefficient (Wildman–Crippen LogP) is 3.74. The molecule has 0 atom stereocenters. The van der Waals surface area contributed by atoms with Crippen molar-refractivity contribution in [2.24, 2.45) is 0 Å². The SMILES string of the molecule is CCOC(=O)Cc1ccc(OCc2c(C#N)c(C)nn2-c2ccccc2)cc1. The summed E-state index contributed by atoms with van der Waals surface area (Å²) in [6.45, 7) is 4.17. The molecular weight excluding hydrogens is 354 g/mol. The van der Waals surface area contributed by atoms with Crippen LogP contribution in [0.25, 0.3) is 5.69 Å². The van der Waals surface area contributed by atoms with Gasteiger partial charge in [-0.25, -0.2) is 4.68 Å². The number of para-hydroxylation sites is 1. The van der Waals surface area contributed by atoms with Gasteiger partial charge < -0.3 is 9.47 Å². The average molecular weight is 375 g/mol. The Morgan fingerprint density at radius 3 is 2.50 bits per heavy atom. The first-order valence-electron chi connectivity index (χ1n) is 9.03. The number of aromatic nitrogens is 2. The molecule has 0 bridgehead atoms. The Kier molecular flexibility index (Phi) is 6.07. The van der Waals surface area contributed by atoms with Gasteiger partial charge in [-0.2, -0.15) is 10.4 Å². The highest BCUT2D eigenvalue weighted by Gasteiger charge is 2.17. The van der Waals surface area contributed by atoms with Gasteiger partial charge in [0.2, 0.25) is 0 Å². The fourth-order valence-corrected chi connectivity index (χ4v) is 2.87. The number of hydrogen-bond acceptors (Lipinski definition) is 5. The minimum atomic E-state index is -0.253. The van der Waals surface area contributed by atoms with Crippen LogP contribution in [0.2, 0.25) is 0 Å². The highest BCUT2D eigenvalue weighted by atomic mass is 16.5. The Bertz CT molecular complexity index is 986. The van der Waals surface area contributed by atoms with Crippen molar-refractivity contribution < 1.29 is 14.3 Å². The van der Waals surface area contributed by atoms with Gasteiger partial charge in [-0.1, -0.05) is 30.3 Å². The Balaban J connectivity index is 1.76. The summed E-state index contributed by atoms with van der Waals surface area (Å²) in [7, 11) is 0. The Morgan fingerprint density at radius 2 is 1.86 bits per heavy atom. The summed E-state index contributed by atoms with van der Waals surface area (Å²) in [6, 6.07) is 19.1. The molecule has 0 N–H and O–H groups in total. The zero-order chi connectivity index (χ0) is 19.9. The Hall–Kier alpha value is -3.59. The number of carbonyl (C=O) groups is 1. The maximum atomic E-state index is 11.6. The Morgan fingerprint density at radius 1 is 1.14 bits per heavy atom. The van der Waals surface area contributed by atoms with E-state index in [9.17, 15) is 10.1 Å². The van der Waals surface area contributed by atoms with Gasteiger partial charge >= 0.3 is 5.97 Å². The molecule has 0 amide bonds. The van der Waals surface area contributed by atoms with Crippen LogP contribution in [0.4, 0.5) is 0 Å². The summed E-state index contributed by atoms with van der Waals surface area (Å²) in [6.07, 6.45) is 0.229. The molecule has 6 nitrogen and oxygen atoms in total. The van der Waals surface area contributed by atoms with E-state index >= 15 is 0 Å². The first-order chi connectivity index (χ1) is 13.6. The molecule has 0 aliphatic heterocycles. The molecule has 0 aliphatic rings. The van der Waals surface area contributed by atoms with Crippen molar-refractivity contribution in [2.75, 3.05) is 6.61 Å². The Labute approximate surface area is 163 Å². The molecule has 1 heterocycles. The number of ether oxygens (including phenoxy) is 2. The molecule has 28 heavy (non-hydrogen) atoms. The molecule has 3 rings (SSSR count). The lowest BCUT2D eigenvalue weighted by Crippen LogP contribution is -2.08. The van der Waals surface area contributed by atoms with Crippen molar-refractivity contribution in [3.05, 3.63) is 77.1 Å². The number of nitriles is 1. The van der Waals surface area contributed by atoms with E-state index in [1.54, 1.807) is 23.7 Å². The van der Waals surface area contributed by atoms with Crippen molar-refractivity contribution in [1.29, 1.82) is 5.26 Å². The number of aryl methyl sites for hydroxylation is 1. The third-order valence-corrected chi connectivity index (χ3v) is 4.22. The molecule has 0 radical (unpaired) electrons. The molecule has 2 aromatic carbocycles. The van der Waals surface area contributed by atoms with Crippen LogP contribution in [0.3, 0.4) is 0 Å². The second-order valence-electron chi connectivity index (χ2n) is 6.18. The highest BCUT2D eigenvalue weighted by molar-refractivity contribution is 5.72. The van der Waals surface area contributed by atoms with Gasteiger partial charge in [0.25, 0.3) is 0 Å². The largest absolute Gasteiger partial charge is 0.487 e. The molecule has 0 aliphatic carbocycles. The van der Waals surface area contributed by atoms with E-state index < -0.39 is 0 Å². The quantitative estimate of drug-likeness (QED) is 0.588. The zero-order valence-electron chi connectivity index (χ0n) is 15.9. The fourth-order valence-electron chi connectivity index (χ4n) is 2.87. The summed E-state index contributed by atoms with van der Waals surface area (Å²) >= 11 is 0. The summed E-state index contributed by atoms with van der Waals surface area (Å²) in [4.78, 5) is 11.6. The fraction of sp³-hybridized carbons (Fsp3) is 0.227. The molecule has 0 saturated carbocycles. The van der Waals surface area contributed by atoms with Crippen molar-refractivity contribution in [3.8, 4) is 17.5 Å². The lowest BCUT2D eigenvalue weighted by Gasteiger charge is -2.10. The van der Waals surface area contributed by atoms with E-state index in [-0.39, 0.29) is 19.0 Å². The lowest BCUT2D eigenvalue weighted by atomic mass is 10.1. The molecule has 1 aromatic heterocycles. The van der Waals surface area contributed by atoms with Crippen LogP contribution in [0, 0.1) is 18.3 Å². The standard InChI is InChI=1S/C22H21N3O3/c1-3-27-22(26)13-17-9-11-19(12-10-17)28-15-21-20(14-23)16(2)24-25(21)18-7-5-4-6-8-18/h4-12H,3,13,15H2,1-2H3. The van der Waals surface area contributed by atoms with Crippen molar-refractivity contribution in [2.45, 2.75) is 26.9 Å². The van der Waals surface area contributed by atoms with E-state index in [2.05, 4.69) is 11.2 Å². The average Bonchev–Trinajstić information content (AvgIpc) is 3.03. The van der Waals surface area contributed by atoms with Crippen LogP contribution in [-0.2, 0) is 22.6 Å². The monoisotopic (exact) mass is 375 g/mol. The molecule has 3 aromatic rings. The number of benzene rings is 2. The molecular formula is C22H21N3O3. The number of carbonyl (C=O) groups excluding carboxylic acids is 1. The van der Waals surface area contributed by atoms with Gasteiger partial charge in [0.15, 0.2) is 0 Å². The summed E-state index contributed by atoms with van der Waals surface area (Å²) < 4.78 is 12.6. The van der Waals surface area contributed by atoms with Gasteiger partial charge in [-0.3, -0.25) is 4.79 Å². The van der Waals surface area contributed by atoms with Crippen LogP contribution in [0.5, 0.6) is 5.75 Å². The minimum absolute atomic E-state index is 0.204. The minimum Gasteiger partial charge on any atom is -0.487 e. The van der Waals surface area contributed by atoms with Crippen LogP contribution in [0.15, 0.2) is 54.6 Å². The molecule has 142 valence electrons. The van der Waals surface area contributed by atoms with Crippen LogP contribution in [0.1, 0.15) is 29.4 Å². The van der Waals surface area contributed by atoms with E-state index in [1.165, 1.54) is 0 Å². The second-order valence-corrected chi connectivity index (χ2v) is 6.18. The van der Waals surface area contributed by atoms with Crippen LogP contribution < -0.4 is 4.74 Å². The normalized spacial score (nSPS) is 10.3. The maximum Gasteiger partial charge on any atom is 0.310 e. The van der Waals surface area contributed by atoms with E-state index in [0.29, 0.717) is 29.3 Å². The first kappa shape index (κ1) is 19.2. The summed E-state index contributed by atoms with van der Waals surface area (Å²) in [5.41, 5.74) is 3.60. The van der Waals surface area contributed by atoms with E-state index in [0.717, 1.165) is 11.3 Å². The van der Waals surface area contributed by atoms with Crippen molar-refractivity contribution in [1.82, 2.24) is 9.78 Å². The van der Waals surface area contributed by atoms with Gasteiger partial charge in [0, 0.05) is 0 Å². The first-order valence-corrected chi connectivity index (χ1v) is 9.03. The van der Waals surface area contributed by atoms with Crippen LogP contribution >= 0.6 is 0 Å². The predicted molar refractivity (Wildman–Crippen MR) is 104 cm³/mol. The molecule has 6 heteroatoms. The second kappa shape index (κ2) is 8.87. The highest BCUT2D eigenvalue weighted by Crippen LogP contribution is 2.21. The third kappa shape index (κ3) is 4.38. The summed E-state index contributed by atoms with van der Waals surface area (Å²) in [5, 5.41) is 14.0. The number of rotatable bonds is 7. The molecule has 0 saturated heterocycles. The number of hydrogen-bond donors (Lipinski definition) is 0. The maximum absolute atomic E-state index is 11.6. The molecule has 0 unspecified atom stereocenters. The third-order valence-electron chi connectivity index (χ3n) is 4.22. The number of esters is 1. The van der Waals surface area contributed by atoms with Gasteiger partial charge in [-0.05, 0) is 43.7 Å². The summed E-state index contributed by atoms with van der Waals surface area (Å²) in [5.74, 6) is 0.395. The molecule has 0 fully saturated rings. The smallest absolute Gasteiger partial charge is 0.310 e. The topological polar surface area (TPSA) is 77.1 Å². The molecule has 0 spiro atoms. The number of nitrogens with zero attached hydrogens (tertiary/aromatic N) is 3. The van der Waals surface area contributed by atoms with Crippen molar-refractivity contribution in [3.63, 3.8) is 0 Å². The lowest BCUT2D eigenvalue weighted by molar-refractivity contribution is -0.142. The van der Waals surface area contributed by atoms with Crippen molar-refractivity contribution >= 4 is 5.97 Å². The van der Waals surface area contributed by atoms with Gasteiger partial charge in [0.05, 0.1) is 30.1 Å². The van der Waals surface area contributed by atoms with Gasteiger partial charge in [-0.15, -0.1) is 0 Å². The van der Waals surface area contributed by atoms with E-state index in [1.807, 2.05) is 49.4 Å². The zero-order valence-corrected chi connectivity index (χ0v) is 15.9. The van der Waals surface area contributed by atoms with Gasteiger partial charge in [0.1, 0.15) is 24.0 Å². The van der Waals surface area contributed by atoms with E-state index in [4.69, 9.17) is 9.47 Å². The van der Waals surface area contributed by atoms with Crippen LogP contribution in [-0.4, -0.2) is 22.4 Å².